The molecular weight excluding hydrogens is 440 g/mol. The van der Waals surface area contributed by atoms with Crippen molar-refractivity contribution in [2.24, 2.45) is 0 Å². The highest BCUT2D eigenvalue weighted by Crippen LogP contribution is 2.35. The molecule has 0 unspecified atom stereocenters. The van der Waals surface area contributed by atoms with Gasteiger partial charge in [0.2, 0.25) is 11.2 Å². The largest absolute Gasteiger partial charge is 0.481 e. The highest BCUT2D eigenvalue weighted by molar-refractivity contribution is 6.30. The average molecular weight is 463 g/mol. The summed E-state index contributed by atoms with van der Waals surface area (Å²) >= 11 is 6.30. The van der Waals surface area contributed by atoms with Crippen LogP contribution in [0.5, 0.6) is 11.5 Å². The first kappa shape index (κ1) is 21.6. The van der Waals surface area contributed by atoms with Crippen molar-refractivity contribution in [2.75, 3.05) is 6.79 Å². The van der Waals surface area contributed by atoms with E-state index in [2.05, 4.69) is 0 Å². The molecule has 0 amide bonds. The van der Waals surface area contributed by atoms with Crippen LogP contribution in [0, 0.1) is 20.8 Å². The molecular formula is C27H23ClO5. The first-order valence-corrected chi connectivity index (χ1v) is 11.1. The number of aryl methyl sites for hydroxylation is 3. The first-order valence-electron chi connectivity index (χ1n) is 10.7. The highest BCUT2D eigenvalue weighted by Gasteiger charge is 2.21. The van der Waals surface area contributed by atoms with Gasteiger partial charge in [0.25, 0.3) is 0 Å². The van der Waals surface area contributed by atoms with Crippen LogP contribution >= 0.6 is 11.6 Å². The van der Waals surface area contributed by atoms with Crippen LogP contribution in [0.25, 0.3) is 22.3 Å². The molecule has 0 saturated carbocycles. The van der Waals surface area contributed by atoms with Crippen molar-refractivity contribution in [2.45, 2.75) is 34.0 Å². The van der Waals surface area contributed by atoms with Crippen LogP contribution in [0.2, 0.25) is 5.02 Å². The molecule has 168 valence electrons. The van der Waals surface area contributed by atoms with Crippen LogP contribution in [0.1, 0.15) is 27.8 Å². The Kier molecular flexibility index (Phi) is 5.60. The number of hydrogen-bond acceptors (Lipinski definition) is 5. The summed E-state index contributed by atoms with van der Waals surface area (Å²) in [6.07, 6.45) is 0. The van der Waals surface area contributed by atoms with Gasteiger partial charge in [-0.25, -0.2) is 0 Å². The van der Waals surface area contributed by atoms with E-state index in [0.29, 0.717) is 34.1 Å². The summed E-state index contributed by atoms with van der Waals surface area (Å²) in [4.78, 5) is 13.6. The Balaban J connectivity index is 1.64. The summed E-state index contributed by atoms with van der Waals surface area (Å²) in [6.45, 7) is 6.65. The molecule has 33 heavy (non-hydrogen) atoms. The summed E-state index contributed by atoms with van der Waals surface area (Å²) in [5, 5.41) is 1.04. The maximum Gasteiger partial charge on any atom is 0.235 e. The fraction of sp³-hybridized carbons (Fsp3) is 0.222. The molecule has 3 aromatic carbocycles. The topological polar surface area (TPSA) is 57.9 Å². The Bertz CT molecular complexity index is 1420. The number of halogens is 1. The molecule has 1 aromatic heterocycles. The molecule has 0 fully saturated rings. The van der Waals surface area contributed by atoms with Crippen LogP contribution in [-0.4, -0.2) is 6.79 Å². The first-order chi connectivity index (χ1) is 15.9. The Labute approximate surface area is 196 Å². The lowest BCUT2D eigenvalue weighted by atomic mass is 10.0. The Morgan fingerprint density at radius 1 is 1.00 bits per heavy atom. The van der Waals surface area contributed by atoms with Crippen LogP contribution in [0.3, 0.4) is 0 Å². The lowest BCUT2D eigenvalue weighted by Gasteiger charge is -2.21. The van der Waals surface area contributed by atoms with Crippen LogP contribution in [-0.2, 0) is 18.0 Å². The molecule has 5 nitrogen and oxygen atoms in total. The van der Waals surface area contributed by atoms with E-state index in [9.17, 15) is 4.79 Å². The van der Waals surface area contributed by atoms with Crippen molar-refractivity contribution < 1.29 is 18.6 Å². The summed E-state index contributed by atoms with van der Waals surface area (Å²) in [7, 11) is 0. The maximum atomic E-state index is 13.6. The number of rotatable bonds is 4. The van der Waals surface area contributed by atoms with Crippen LogP contribution < -0.4 is 14.9 Å². The second kappa shape index (κ2) is 8.58. The van der Waals surface area contributed by atoms with Crippen molar-refractivity contribution >= 4 is 22.6 Å². The van der Waals surface area contributed by atoms with Gasteiger partial charge < -0.3 is 18.6 Å². The molecule has 6 heteroatoms. The number of hydrogen-bond donors (Lipinski definition) is 0. The second-order valence-corrected chi connectivity index (χ2v) is 8.78. The molecule has 4 aromatic rings. The molecule has 0 spiro atoms. The van der Waals surface area contributed by atoms with E-state index in [1.807, 2.05) is 63.2 Å². The van der Waals surface area contributed by atoms with E-state index in [1.54, 1.807) is 6.07 Å². The monoisotopic (exact) mass is 462 g/mol. The quantitative estimate of drug-likeness (QED) is 0.347. The fourth-order valence-corrected chi connectivity index (χ4v) is 4.24. The normalized spacial score (nSPS) is 13.0. The average Bonchev–Trinajstić information content (AvgIpc) is 2.80. The molecule has 0 atom stereocenters. The molecule has 0 bridgehead atoms. The third-order valence-electron chi connectivity index (χ3n) is 5.90. The molecule has 0 radical (unpaired) electrons. The molecule has 2 heterocycles. The molecule has 0 aliphatic carbocycles. The summed E-state index contributed by atoms with van der Waals surface area (Å²) in [5.41, 5.74) is 5.87. The number of benzene rings is 3. The maximum absolute atomic E-state index is 13.6. The van der Waals surface area contributed by atoms with E-state index < -0.39 is 0 Å². The lowest BCUT2D eigenvalue weighted by Crippen LogP contribution is -2.15. The van der Waals surface area contributed by atoms with Gasteiger partial charge in [0.05, 0.1) is 12.0 Å². The van der Waals surface area contributed by atoms with Gasteiger partial charge in [-0.1, -0.05) is 41.4 Å². The third kappa shape index (κ3) is 4.10. The van der Waals surface area contributed by atoms with Gasteiger partial charge >= 0.3 is 0 Å². The second-order valence-electron chi connectivity index (χ2n) is 8.34. The standard InChI is InChI=1S/C27H23ClO5/c1-15-4-6-18(7-5-15)26-27(24(29)22-8-16(2)17(3)9-23(22)33-26)31-13-20-11-21(28)10-19-12-30-14-32-25(19)20/h4-11H,12-14H2,1-3H3. The lowest BCUT2D eigenvalue weighted by molar-refractivity contribution is -0.0175. The van der Waals surface area contributed by atoms with Gasteiger partial charge in [0.15, 0.2) is 12.6 Å². The molecule has 1 aliphatic rings. The van der Waals surface area contributed by atoms with Gasteiger partial charge in [0.1, 0.15) is 17.9 Å². The fourth-order valence-electron chi connectivity index (χ4n) is 3.97. The SMILES string of the molecule is Cc1ccc(-c2oc3cc(C)c(C)cc3c(=O)c2OCc2cc(Cl)cc3c2OCOC3)cc1. The Morgan fingerprint density at radius 3 is 2.55 bits per heavy atom. The van der Waals surface area contributed by atoms with Crippen LogP contribution in [0.4, 0.5) is 0 Å². The van der Waals surface area contributed by atoms with Gasteiger partial charge in [-0.3, -0.25) is 4.79 Å². The number of ether oxygens (including phenoxy) is 3. The minimum Gasteiger partial charge on any atom is -0.481 e. The predicted octanol–water partition coefficient (Wildman–Crippen LogP) is 6.48. The molecule has 0 saturated heterocycles. The summed E-state index contributed by atoms with van der Waals surface area (Å²) < 4.78 is 23.5. The smallest absolute Gasteiger partial charge is 0.235 e. The minimum atomic E-state index is -0.213. The van der Waals surface area contributed by atoms with Gasteiger partial charge in [0, 0.05) is 21.7 Å². The third-order valence-corrected chi connectivity index (χ3v) is 6.12. The molecule has 0 N–H and O–H groups in total. The molecule has 1 aliphatic heterocycles. The zero-order chi connectivity index (χ0) is 23.1. The summed E-state index contributed by atoms with van der Waals surface area (Å²) in [5.74, 6) is 1.24. The molecule has 5 rings (SSSR count). The van der Waals surface area contributed by atoms with E-state index >= 15 is 0 Å². The van der Waals surface area contributed by atoms with Crippen molar-refractivity contribution in [3.05, 3.63) is 91.6 Å². The van der Waals surface area contributed by atoms with E-state index in [4.69, 9.17) is 30.2 Å². The van der Waals surface area contributed by atoms with Gasteiger partial charge in [-0.05, 0) is 56.2 Å². The Morgan fingerprint density at radius 2 is 1.76 bits per heavy atom. The zero-order valence-electron chi connectivity index (χ0n) is 18.7. The van der Waals surface area contributed by atoms with E-state index in [1.165, 1.54) is 0 Å². The van der Waals surface area contributed by atoms with Crippen molar-refractivity contribution in [3.63, 3.8) is 0 Å². The summed E-state index contributed by atoms with van der Waals surface area (Å²) in [6, 6.07) is 15.2. The van der Waals surface area contributed by atoms with E-state index in [-0.39, 0.29) is 24.6 Å². The van der Waals surface area contributed by atoms with Gasteiger partial charge in [-0.2, -0.15) is 0 Å². The highest BCUT2D eigenvalue weighted by atomic mass is 35.5. The van der Waals surface area contributed by atoms with E-state index in [0.717, 1.165) is 33.4 Å². The minimum absolute atomic E-state index is 0.100. The van der Waals surface area contributed by atoms with Gasteiger partial charge in [-0.15, -0.1) is 0 Å². The van der Waals surface area contributed by atoms with Crippen LogP contribution in [0.15, 0.2) is 57.7 Å². The van der Waals surface area contributed by atoms with Crippen molar-refractivity contribution in [3.8, 4) is 22.8 Å². The predicted molar refractivity (Wildman–Crippen MR) is 128 cm³/mol. The van der Waals surface area contributed by atoms with Crippen molar-refractivity contribution in [1.82, 2.24) is 0 Å². The van der Waals surface area contributed by atoms with Crippen molar-refractivity contribution in [1.29, 1.82) is 0 Å². The number of fused-ring (bicyclic) bond motifs is 2. The zero-order valence-corrected chi connectivity index (χ0v) is 19.4. The Hall–Kier alpha value is -3.28.